The predicted octanol–water partition coefficient (Wildman–Crippen LogP) is 22.2. The van der Waals surface area contributed by atoms with E-state index in [1.54, 1.807) is 11.3 Å². The highest BCUT2D eigenvalue weighted by Gasteiger charge is 2.23. The summed E-state index contributed by atoms with van der Waals surface area (Å²) < 4.78 is 20.3. The fourth-order valence-corrected chi connectivity index (χ4v) is 15.2. The molecular weight excluding hydrogens is 1110 g/mol. The van der Waals surface area contributed by atoms with Gasteiger partial charge >= 0.3 is 0 Å². The second-order valence-corrected chi connectivity index (χ2v) is 24.0. The molecule has 0 unspecified atom stereocenters. The van der Waals surface area contributed by atoms with Crippen molar-refractivity contribution in [2.24, 2.45) is 0 Å². The first-order valence-corrected chi connectivity index (χ1v) is 30.8. The Morgan fingerprint density at radius 1 is 0.270 bits per heavy atom. The molecule has 6 heterocycles. The van der Waals surface area contributed by atoms with E-state index in [1.165, 1.54) is 32.6 Å². The molecule has 0 aliphatic carbocycles. The molecule has 414 valence electrons. The van der Waals surface area contributed by atoms with E-state index in [-0.39, 0.29) is 0 Å². The molecule has 19 rings (SSSR count). The predicted molar refractivity (Wildman–Crippen MR) is 369 cm³/mol. The van der Waals surface area contributed by atoms with Crippen molar-refractivity contribution in [3.05, 3.63) is 285 Å². The fourth-order valence-electron chi connectivity index (χ4n) is 13.9. The number of hydrogen-bond donors (Lipinski definition) is 0. The average molecular weight is 1150 g/mol. The number of rotatable bonds is 8. The third-order valence-corrected chi connectivity index (χ3v) is 19.2. The van der Waals surface area contributed by atoms with Gasteiger partial charge in [0.05, 0.1) is 22.1 Å². The summed E-state index contributed by atoms with van der Waals surface area (Å²) in [5.74, 6) is 1.75. The van der Waals surface area contributed by atoms with Gasteiger partial charge < -0.3 is 18.0 Å². The van der Waals surface area contributed by atoms with E-state index in [0.29, 0.717) is 17.5 Å². The maximum Gasteiger partial charge on any atom is 0.164 e. The van der Waals surface area contributed by atoms with Crippen molar-refractivity contribution >= 4 is 119 Å². The van der Waals surface area contributed by atoms with Crippen LogP contribution in [0.3, 0.4) is 0 Å². The fraction of sp³-hybridized carbons (Fsp3) is 0. The standard InChI is InChI=1S/C81H47N5O2S/c1-2-20-54(21-3-1)85-70-34-10-6-25-58(70)66-45-49(38-41-71(66)85)50-39-42-73-67(46-50)62-28-14-27-61(77(62)88-73)63-29-15-30-64-76-65(31-16-36-75(76)89-78(63)64)81-83-79(52-18-12-17-48(43-52)51-37-40-60-59-26-7-11-35-72(59)87-74(60)47-51)82-80(84-81)53-19-13-22-55(44-53)86-68-32-8-4-23-56(68)57-24-5-9-33-69(57)86/h1-47H. The maximum absolute atomic E-state index is 6.95. The number of furan rings is 2. The first-order valence-electron chi connectivity index (χ1n) is 30.0. The molecule has 0 spiro atoms. The smallest absolute Gasteiger partial charge is 0.164 e. The van der Waals surface area contributed by atoms with Gasteiger partial charge in [-0.3, -0.25) is 0 Å². The quantitative estimate of drug-likeness (QED) is 0.152. The van der Waals surface area contributed by atoms with Crippen LogP contribution < -0.4 is 0 Å². The first-order chi connectivity index (χ1) is 44.1. The van der Waals surface area contributed by atoms with Crippen LogP contribution in [0.25, 0.3) is 187 Å². The SMILES string of the molecule is c1ccc(-n2c3ccccc3c3cc(-c4ccc5oc6c(-c7cccc8c7sc7cccc(-c9nc(-c%10cccc(-c%11ccc%12c(c%11)oc%11ccccc%11%12)c%10)nc(-c%10cccc(-n%11c%12ccccc%12c%12ccccc%12%11)c%10)n9)c78)cccc6c5c4)ccc32)cc1. The number of fused-ring (bicyclic) bond motifs is 15. The zero-order valence-corrected chi connectivity index (χ0v) is 48.4. The van der Waals surface area contributed by atoms with Crippen molar-refractivity contribution < 1.29 is 8.83 Å². The molecule has 0 atom stereocenters. The molecule has 0 fully saturated rings. The molecular formula is C81H47N5O2S. The van der Waals surface area contributed by atoms with Gasteiger partial charge in [-0.15, -0.1) is 11.3 Å². The molecule has 0 saturated carbocycles. The molecule has 0 aliphatic rings. The zero-order chi connectivity index (χ0) is 58.3. The van der Waals surface area contributed by atoms with Gasteiger partial charge in [-0.25, -0.2) is 15.0 Å². The van der Waals surface area contributed by atoms with Crippen LogP contribution in [-0.4, -0.2) is 24.1 Å². The summed E-state index contributed by atoms with van der Waals surface area (Å²) in [5, 5.41) is 11.4. The molecule has 0 saturated heterocycles. The minimum Gasteiger partial charge on any atom is -0.456 e. The van der Waals surface area contributed by atoms with Gasteiger partial charge in [0.2, 0.25) is 0 Å². The summed E-state index contributed by atoms with van der Waals surface area (Å²) in [6.07, 6.45) is 0. The lowest BCUT2D eigenvalue weighted by atomic mass is 9.98. The molecule has 0 amide bonds. The van der Waals surface area contributed by atoms with Crippen molar-refractivity contribution in [3.63, 3.8) is 0 Å². The molecule has 7 nitrogen and oxygen atoms in total. The lowest BCUT2D eigenvalue weighted by molar-refractivity contribution is 0.669. The van der Waals surface area contributed by atoms with Crippen LogP contribution in [-0.2, 0) is 0 Å². The first kappa shape index (κ1) is 49.5. The monoisotopic (exact) mass is 1150 g/mol. The summed E-state index contributed by atoms with van der Waals surface area (Å²) >= 11 is 1.79. The Hall–Kier alpha value is -11.7. The van der Waals surface area contributed by atoms with Gasteiger partial charge in [0.1, 0.15) is 22.3 Å². The van der Waals surface area contributed by atoms with Gasteiger partial charge in [0.15, 0.2) is 17.5 Å². The molecule has 89 heavy (non-hydrogen) atoms. The Morgan fingerprint density at radius 2 is 0.775 bits per heavy atom. The van der Waals surface area contributed by atoms with E-state index in [2.05, 4.69) is 282 Å². The minimum atomic E-state index is 0.576. The Morgan fingerprint density at radius 3 is 1.56 bits per heavy atom. The Balaban J connectivity index is 0.748. The van der Waals surface area contributed by atoms with Crippen LogP contribution in [0, 0.1) is 0 Å². The number of nitrogens with zero attached hydrogens (tertiary/aromatic N) is 5. The molecule has 0 N–H and O–H groups in total. The Bertz CT molecular complexity index is 6090. The second-order valence-electron chi connectivity index (χ2n) is 23.0. The molecule has 19 aromatic rings. The Labute approximate surface area is 512 Å². The molecule has 0 radical (unpaired) electrons. The topological polar surface area (TPSA) is 74.8 Å². The number of hydrogen-bond acceptors (Lipinski definition) is 6. The van der Waals surface area contributed by atoms with E-state index < -0.39 is 0 Å². The molecule has 8 heteroatoms. The van der Waals surface area contributed by atoms with E-state index in [9.17, 15) is 0 Å². The summed E-state index contributed by atoms with van der Waals surface area (Å²) in [4.78, 5) is 16.3. The number of para-hydroxylation sites is 6. The van der Waals surface area contributed by atoms with Gasteiger partial charge in [-0.05, 0) is 119 Å². The zero-order valence-electron chi connectivity index (χ0n) is 47.6. The third-order valence-electron chi connectivity index (χ3n) is 18.0. The van der Waals surface area contributed by atoms with Crippen LogP contribution in [0.4, 0.5) is 0 Å². The highest BCUT2D eigenvalue weighted by Crippen LogP contribution is 2.47. The summed E-state index contributed by atoms with van der Waals surface area (Å²) in [5.41, 5.74) is 19.4. The number of benzene rings is 13. The Kier molecular flexibility index (Phi) is 10.8. The van der Waals surface area contributed by atoms with E-state index in [1.807, 2.05) is 12.1 Å². The second kappa shape index (κ2) is 19.4. The van der Waals surface area contributed by atoms with E-state index in [0.717, 1.165) is 137 Å². The highest BCUT2D eigenvalue weighted by molar-refractivity contribution is 7.26. The normalized spacial score (nSPS) is 12.0. The van der Waals surface area contributed by atoms with Crippen molar-refractivity contribution in [2.45, 2.75) is 0 Å². The molecule has 6 aromatic heterocycles. The lowest BCUT2D eigenvalue weighted by Crippen LogP contribution is -2.01. The molecule has 0 bridgehead atoms. The van der Waals surface area contributed by atoms with Gasteiger partial charge in [0.25, 0.3) is 0 Å². The third kappa shape index (κ3) is 7.74. The summed E-state index contributed by atoms with van der Waals surface area (Å²) in [7, 11) is 0. The van der Waals surface area contributed by atoms with Gasteiger partial charge in [0, 0.05) is 102 Å². The van der Waals surface area contributed by atoms with E-state index >= 15 is 0 Å². The van der Waals surface area contributed by atoms with Crippen LogP contribution >= 0.6 is 11.3 Å². The minimum absolute atomic E-state index is 0.576. The number of aromatic nitrogens is 5. The largest absolute Gasteiger partial charge is 0.456 e. The van der Waals surface area contributed by atoms with Crippen molar-refractivity contribution in [1.29, 1.82) is 0 Å². The van der Waals surface area contributed by atoms with E-state index in [4.69, 9.17) is 23.8 Å². The average Bonchev–Trinajstić information content (AvgIpc) is 1.77. The van der Waals surface area contributed by atoms with Crippen LogP contribution in [0.15, 0.2) is 294 Å². The van der Waals surface area contributed by atoms with Gasteiger partial charge in [-0.1, -0.05) is 188 Å². The van der Waals surface area contributed by atoms with Crippen molar-refractivity contribution in [1.82, 2.24) is 24.1 Å². The van der Waals surface area contributed by atoms with Crippen LogP contribution in [0.2, 0.25) is 0 Å². The highest BCUT2D eigenvalue weighted by atomic mass is 32.1. The summed E-state index contributed by atoms with van der Waals surface area (Å²) in [6.45, 7) is 0. The van der Waals surface area contributed by atoms with Crippen molar-refractivity contribution in [3.8, 4) is 78.9 Å². The maximum atomic E-state index is 6.95. The van der Waals surface area contributed by atoms with Crippen LogP contribution in [0.5, 0.6) is 0 Å². The number of thiophene rings is 1. The summed E-state index contributed by atoms with van der Waals surface area (Å²) in [6, 6.07) is 101. The van der Waals surface area contributed by atoms with Gasteiger partial charge in [-0.2, -0.15) is 0 Å². The van der Waals surface area contributed by atoms with Crippen LogP contribution in [0.1, 0.15) is 0 Å². The lowest BCUT2D eigenvalue weighted by Gasteiger charge is -2.12. The molecule has 0 aliphatic heterocycles. The molecule has 13 aromatic carbocycles. The van der Waals surface area contributed by atoms with Crippen molar-refractivity contribution in [2.75, 3.05) is 0 Å².